The van der Waals surface area contributed by atoms with Crippen LogP contribution in [0.25, 0.3) is 0 Å². The van der Waals surface area contributed by atoms with Crippen molar-refractivity contribution in [3.05, 3.63) is 65.4 Å². The third-order valence-electron chi connectivity index (χ3n) is 3.19. The van der Waals surface area contributed by atoms with E-state index in [4.69, 9.17) is 11.6 Å². The van der Waals surface area contributed by atoms with E-state index in [1.807, 2.05) is 0 Å². The van der Waals surface area contributed by atoms with Crippen molar-refractivity contribution in [3.63, 3.8) is 0 Å². The lowest BCUT2D eigenvalue weighted by Gasteiger charge is -2.12. The fourth-order valence-corrected chi connectivity index (χ4v) is 3.23. The maximum Gasteiger partial charge on any atom is 0.261 e. The molecule has 0 saturated heterocycles. The van der Waals surface area contributed by atoms with Crippen molar-refractivity contribution in [1.29, 1.82) is 0 Å². The van der Waals surface area contributed by atoms with Gasteiger partial charge in [-0.3, -0.25) is 14.8 Å². The molecule has 3 rings (SSSR count). The number of carbonyl (C=O) groups is 1. The number of carbonyl (C=O) groups excluding carboxylic acids is 1. The lowest BCUT2D eigenvalue weighted by atomic mass is 10.2. The van der Waals surface area contributed by atoms with Crippen LogP contribution < -0.4 is 10.0 Å². The number of hydrogen-bond acceptors (Lipinski definition) is 5. The van der Waals surface area contributed by atoms with Gasteiger partial charge in [-0.05, 0) is 36.4 Å². The summed E-state index contributed by atoms with van der Waals surface area (Å²) in [4.78, 5) is 16.2. The number of H-pyrrole nitrogens is 1. The summed E-state index contributed by atoms with van der Waals surface area (Å²) in [5.41, 5.74) is 0.269. The number of aromatic nitrogens is 3. The molecule has 0 fully saturated rings. The molecule has 0 atom stereocenters. The molecule has 1 amide bonds. The van der Waals surface area contributed by atoms with Crippen LogP contribution >= 0.6 is 11.6 Å². The SMILES string of the molecule is O=C(Nc1ncn[nH]1)c1ccccc1NS(=O)(=O)c1ccc(Cl)cc1. The topological polar surface area (TPSA) is 117 Å². The van der Waals surface area contributed by atoms with E-state index in [0.29, 0.717) is 5.02 Å². The molecule has 0 unspecified atom stereocenters. The van der Waals surface area contributed by atoms with Gasteiger partial charge in [0.05, 0.1) is 16.1 Å². The number of benzene rings is 2. The van der Waals surface area contributed by atoms with Crippen LogP contribution in [0, 0.1) is 0 Å². The maximum atomic E-state index is 12.5. The Labute approximate surface area is 148 Å². The number of hydrogen-bond donors (Lipinski definition) is 3. The number of halogens is 1. The minimum Gasteiger partial charge on any atom is -0.291 e. The van der Waals surface area contributed by atoms with Crippen LogP contribution in [-0.4, -0.2) is 29.5 Å². The van der Waals surface area contributed by atoms with Crippen molar-refractivity contribution in [3.8, 4) is 0 Å². The molecule has 0 saturated carbocycles. The van der Waals surface area contributed by atoms with Gasteiger partial charge in [0.2, 0.25) is 5.95 Å². The minimum absolute atomic E-state index is 0.0299. The van der Waals surface area contributed by atoms with E-state index in [1.54, 1.807) is 12.1 Å². The van der Waals surface area contributed by atoms with Gasteiger partial charge in [0.25, 0.3) is 15.9 Å². The van der Waals surface area contributed by atoms with Gasteiger partial charge < -0.3 is 0 Å². The first kappa shape index (κ1) is 16.9. The summed E-state index contributed by atoms with van der Waals surface area (Å²) in [6, 6.07) is 11.9. The number of nitrogens with zero attached hydrogens (tertiary/aromatic N) is 2. The minimum atomic E-state index is -3.87. The highest BCUT2D eigenvalue weighted by molar-refractivity contribution is 7.92. The van der Waals surface area contributed by atoms with E-state index in [2.05, 4.69) is 25.2 Å². The van der Waals surface area contributed by atoms with Gasteiger partial charge >= 0.3 is 0 Å². The van der Waals surface area contributed by atoms with Crippen molar-refractivity contribution in [2.45, 2.75) is 4.90 Å². The second-order valence-corrected chi connectivity index (χ2v) is 7.01. The fourth-order valence-electron chi connectivity index (χ4n) is 2.03. The summed E-state index contributed by atoms with van der Waals surface area (Å²) in [5, 5.41) is 9.03. The molecule has 128 valence electrons. The van der Waals surface area contributed by atoms with Gasteiger partial charge in [-0.25, -0.2) is 13.5 Å². The molecule has 0 aliphatic rings. The molecule has 3 aromatic rings. The van der Waals surface area contributed by atoms with E-state index in [0.717, 1.165) is 0 Å². The average molecular weight is 378 g/mol. The maximum absolute atomic E-state index is 12.5. The Balaban J connectivity index is 1.88. The Morgan fingerprint density at radius 1 is 1.08 bits per heavy atom. The molecule has 0 spiro atoms. The smallest absolute Gasteiger partial charge is 0.261 e. The van der Waals surface area contributed by atoms with Gasteiger partial charge in [-0.1, -0.05) is 23.7 Å². The van der Waals surface area contributed by atoms with Gasteiger partial charge in [0.15, 0.2) is 0 Å². The summed E-state index contributed by atoms with van der Waals surface area (Å²) in [7, 11) is -3.87. The molecule has 0 aliphatic carbocycles. The predicted octanol–water partition coefficient (Wildman–Crippen LogP) is 2.51. The van der Waals surface area contributed by atoms with E-state index in [-0.39, 0.29) is 22.1 Å². The standard InChI is InChI=1S/C15H12ClN5O3S/c16-10-5-7-11(8-6-10)25(23,24)21-13-4-2-1-3-12(13)14(22)19-15-17-9-18-20-15/h1-9,21H,(H2,17,18,19,20,22). The highest BCUT2D eigenvalue weighted by Crippen LogP contribution is 2.22. The average Bonchev–Trinajstić information content (AvgIpc) is 3.08. The third kappa shape index (κ3) is 3.95. The largest absolute Gasteiger partial charge is 0.291 e. The van der Waals surface area contributed by atoms with Crippen LogP contribution in [0.2, 0.25) is 5.02 Å². The molecule has 1 aromatic heterocycles. The Hall–Kier alpha value is -2.91. The zero-order chi connectivity index (χ0) is 17.9. The monoisotopic (exact) mass is 377 g/mol. The second kappa shape index (κ2) is 6.91. The first-order valence-electron chi connectivity index (χ1n) is 7.00. The Bertz CT molecular complexity index is 988. The van der Waals surface area contributed by atoms with Gasteiger partial charge in [0, 0.05) is 5.02 Å². The molecule has 8 nitrogen and oxygen atoms in total. The van der Waals surface area contributed by atoms with Gasteiger partial charge in [0.1, 0.15) is 6.33 Å². The van der Waals surface area contributed by atoms with Crippen molar-refractivity contribution < 1.29 is 13.2 Å². The van der Waals surface area contributed by atoms with Gasteiger partial charge in [-0.2, -0.15) is 10.1 Å². The van der Waals surface area contributed by atoms with Crippen LogP contribution in [0.5, 0.6) is 0 Å². The zero-order valence-electron chi connectivity index (χ0n) is 12.6. The number of nitrogens with one attached hydrogen (secondary N) is 3. The molecule has 1 heterocycles. The van der Waals surface area contributed by atoms with Crippen molar-refractivity contribution in [2.75, 3.05) is 10.0 Å². The summed E-state index contributed by atoms with van der Waals surface area (Å²) in [6.45, 7) is 0. The number of rotatable bonds is 5. The van der Waals surface area contributed by atoms with Crippen LogP contribution in [0.3, 0.4) is 0 Å². The molecule has 0 bridgehead atoms. The Kier molecular flexibility index (Phi) is 4.68. The molecule has 3 N–H and O–H groups in total. The summed E-state index contributed by atoms with van der Waals surface area (Å²) >= 11 is 5.77. The van der Waals surface area contributed by atoms with E-state index >= 15 is 0 Å². The van der Waals surface area contributed by atoms with E-state index in [9.17, 15) is 13.2 Å². The van der Waals surface area contributed by atoms with Crippen LogP contribution in [0.1, 0.15) is 10.4 Å². The first-order chi connectivity index (χ1) is 12.0. The highest BCUT2D eigenvalue weighted by atomic mass is 35.5. The molecule has 25 heavy (non-hydrogen) atoms. The molecule has 10 heteroatoms. The van der Waals surface area contributed by atoms with E-state index in [1.165, 1.54) is 42.7 Å². The lowest BCUT2D eigenvalue weighted by Crippen LogP contribution is -2.19. The molecular formula is C15H12ClN5O3S. The van der Waals surface area contributed by atoms with Crippen molar-refractivity contribution >= 4 is 39.2 Å². The van der Waals surface area contributed by atoms with Crippen molar-refractivity contribution in [1.82, 2.24) is 15.2 Å². The summed E-state index contributed by atoms with van der Waals surface area (Å²) in [5.74, 6) is -0.383. The Morgan fingerprint density at radius 2 is 1.80 bits per heavy atom. The summed E-state index contributed by atoms with van der Waals surface area (Å²) in [6.07, 6.45) is 1.24. The van der Waals surface area contributed by atoms with Crippen LogP contribution in [0.15, 0.2) is 59.8 Å². The van der Waals surface area contributed by atoms with Gasteiger partial charge in [-0.15, -0.1) is 0 Å². The molecule has 2 aromatic carbocycles. The van der Waals surface area contributed by atoms with E-state index < -0.39 is 15.9 Å². The fraction of sp³-hybridized carbons (Fsp3) is 0. The second-order valence-electron chi connectivity index (χ2n) is 4.89. The first-order valence-corrected chi connectivity index (χ1v) is 8.86. The zero-order valence-corrected chi connectivity index (χ0v) is 14.2. The third-order valence-corrected chi connectivity index (χ3v) is 4.82. The number of amides is 1. The number of para-hydroxylation sites is 1. The normalized spacial score (nSPS) is 11.1. The Morgan fingerprint density at radius 3 is 2.48 bits per heavy atom. The number of aromatic amines is 1. The van der Waals surface area contributed by atoms with Crippen LogP contribution in [-0.2, 0) is 10.0 Å². The number of anilines is 2. The predicted molar refractivity (Wildman–Crippen MR) is 93.0 cm³/mol. The summed E-state index contributed by atoms with van der Waals surface area (Å²) < 4.78 is 27.4. The van der Waals surface area contributed by atoms with Crippen LogP contribution in [0.4, 0.5) is 11.6 Å². The number of sulfonamides is 1. The quantitative estimate of drug-likeness (QED) is 0.631. The molecular weight excluding hydrogens is 366 g/mol. The molecule has 0 radical (unpaired) electrons. The lowest BCUT2D eigenvalue weighted by molar-refractivity contribution is 0.102. The van der Waals surface area contributed by atoms with Crippen molar-refractivity contribution in [2.24, 2.45) is 0 Å². The highest BCUT2D eigenvalue weighted by Gasteiger charge is 2.19. The molecule has 0 aliphatic heterocycles.